The number of nitrogens with zero attached hydrogens (tertiary/aromatic N) is 3. The Morgan fingerprint density at radius 1 is 1.10 bits per heavy atom. The first-order valence-corrected chi connectivity index (χ1v) is 9.36. The number of amides is 1. The van der Waals surface area contributed by atoms with Gasteiger partial charge in [-0.05, 0) is 44.0 Å². The molecular formula is C22H22F3N3O. The van der Waals surface area contributed by atoms with Gasteiger partial charge in [-0.2, -0.15) is 18.3 Å². The van der Waals surface area contributed by atoms with Crippen LogP contribution in [-0.4, -0.2) is 33.7 Å². The minimum absolute atomic E-state index is 0.181. The topological polar surface area (TPSA) is 38.1 Å². The predicted octanol–water partition coefficient (Wildman–Crippen LogP) is 4.90. The number of rotatable bonds is 6. The van der Waals surface area contributed by atoms with Gasteiger partial charge < -0.3 is 4.90 Å². The lowest BCUT2D eigenvalue weighted by atomic mass is 10.1. The number of hydrogen-bond donors (Lipinski definition) is 0. The molecule has 0 N–H and O–H groups in total. The van der Waals surface area contributed by atoms with E-state index < -0.39 is 11.7 Å². The maximum Gasteiger partial charge on any atom is 0.416 e. The first-order chi connectivity index (χ1) is 13.8. The molecule has 1 amide bonds. The second-order valence-electron chi connectivity index (χ2n) is 6.72. The van der Waals surface area contributed by atoms with E-state index in [1.54, 1.807) is 11.8 Å². The number of carbonyl (C=O) groups is 1. The van der Waals surface area contributed by atoms with Gasteiger partial charge >= 0.3 is 6.18 Å². The lowest BCUT2D eigenvalue weighted by Crippen LogP contribution is -2.33. The van der Waals surface area contributed by atoms with Gasteiger partial charge in [0.1, 0.15) is 0 Å². The van der Waals surface area contributed by atoms with E-state index in [0.717, 1.165) is 24.1 Å². The molecule has 29 heavy (non-hydrogen) atoms. The molecule has 3 aromatic rings. The van der Waals surface area contributed by atoms with Crippen LogP contribution in [0.3, 0.4) is 0 Å². The average molecular weight is 401 g/mol. The van der Waals surface area contributed by atoms with Gasteiger partial charge in [-0.15, -0.1) is 0 Å². The van der Waals surface area contributed by atoms with E-state index in [1.807, 2.05) is 37.3 Å². The molecule has 0 saturated carbocycles. The van der Waals surface area contributed by atoms with Gasteiger partial charge in [0.25, 0.3) is 5.91 Å². The van der Waals surface area contributed by atoms with Crippen LogP contribution < -0.4 is 0 Å². The van der Waals surface area contributed by atoms with Crippen LogP contribution in [-0.2, 0) is 12.6 Å². The Kier molecular flexibility index (Phi) is 6.06. The van der Waals surface area contributed by atoms with Gasteiger partial charge in [-0.25, -0.2) is 4.68 Å². The van der Waals surface area contributed by atoms with Gasteiger partial charge in [0.15, 0.2) is 0 Å². The summed E-state index contributed by atoms with van der Waals surface area (Å²) in [4.78, 5) is 14.7. The predicted molar refractivity (Wildman–Crippen MR) is 105 cm³/mol. The maximum atomic E-state index is 13.0. The molecule has 0 atom stereocenters. The Hall–Kier alpha value is -3.09. The average Bonchev–Trinajstić information content (AvgIpc) is 3.10. The van der Waals surface area contributed by atoms with E-state index in [2.05, 4.69) is 5.10 Å². The largest absolute Gasteiger partial charge is 0.416 e. The Labute approximate surface area is 167 Å². The van der Waals surface area contributed by atoms with Crippen molar-refractivity contribution < 1.29 is 18.0 Å². The van der Waals surface area contributed by atoms with Gasteiger partial charge in [-0.3, -0.25) is 4.79 Å². The number of halogens is 3. The third-order valence-electron chi connectivity index (χ3n) is 4.84. The monoisotopic (exact) mass is 401 g/mol. The van der Waals surface area contributed by atoms with Crippen LogP contribution in [0.15, 0.2) is 60.8 Å². The standard InChI is InChI=1S/C22H22F3N3O/c1-3-27(13-12-17-8-5-4-6-9-17)21(29)20-15-26-28(16(20)2)19-11-7-10-18(14-19)22(23,24)25/h4-11,14-15H,3,12-13H2,1-2H3. The highest BCUT2D eigenvalue weighted by Crippen LogP contribution is 2.30. The van der Waals surface area contributed by atoms with Crippen LogP contribution in [0, 0.1) is 6.92 Å². The van der Waals surface area contributed by atoms with Crippen LogP contribution in [0.4, 0.5) is 13.2 Å². The Bertz CT molecular complexity index is 980. The van der Waals surface area contributed by atoms with E-state index in [1.165, 1.54) is 23.0 Å². The molecule has 0 bridgehead atoms. The summed E-state index contributed by atoms with van der Waals surface area (Å²) in [6.45, 7) is 4.66. The van der Waals surface area contributed by atoms with Gasteiger partial charge in [0.2, 0.25) is 0 Å². The van der Waals surface area contributed by atoms with E-state index in [-0.39, 0.29) is 11.6 Å². The van der Waals surface area contributed by atoms with E-state index in [0.29, 0.717) is 24.3 Å². The van der Waals surface area contributed by atoms with E-state index >= 15 is 0 Å². The molecule has 0 aliphatic rings. The fourth-order valence-corrected chi connectivity index (χ4v) is 3.18. The summed E-state index contributed by atoms with van der Waals surface area (Å²) in [6, 6.07) is 14.8. The summed E-state index contributed by atoms with van der Waals surface area (Å²) in [5.74, 6) is -0.181. The van der Waals surface area contributed by atoms with E-state index in [4.69, 9.17) is 0 Å². The van der Waals surface area contributed by atoms with Crippen molar-refractivity contribution in [3.05, 3.63) is 83.2 Å². The zero-order valence-electron chi connectivity index (χ0n) is 16.3. The molecule has 0 fully saturated rings. The number of carbonyl (C=O) groups excluding carboxylic acids is 1. The van der Waals surface area contributed by atoms with Crippen LogP contribution in [0.1, 0.15) is 34.1 Å². The van der Waals surface area contributed by atoms with Crippen LogP contribution in [0.2, 0.25) is 0 Å². The number of alkyl halides is 3. The molecule has 3 rings (SSSR count). The zero-order valence-corrected chi connectivity index (χ0v) is 16.3. The number of benzene rings is 2. The maximum absolute atomic E-state index is 13.0. The van der Waals surface area contributed by atoms with E-state index in [9.17, 15) is 18.0 Å². The normalized spacial score (nSPS) is 11.5. The Balaban J connectivity index is 1.81. The molecule has 1 aromatic heterocycles. The lowest BCUT2D eigenvalue weighted by Gasteiger charge is -2.21. The SMILES string of the molecule is CCN(CCc1ccccc1)C(=O)c1cnn(-c2cccc(C(F)(F)F)c2)c1C. The minimum atomic E-state index is -4.44. The van der Waals surface area contributed by atoms with Gasteiger partial charge in [0.05, 0.1) is 28.7 Å². The molecule has 0 saturated heterocycles. The van der Waals surface area contributed by atoms with Crippen molar-refractivity contribution in [1.29, 1.82) is 0 Å². The molecule has 0 radical (unpaired) electrons. The second-order valence-corrected chi connectivity index (χ2v) is 6.72. The van der Waals surface area contributed by atoms with Crippen molar-refractivity contribution in [2.75, 3.05) is 13.1 Å². The van der Waals surface area contributed by atoms with Gasteiger partial charge in [0, 0.05) is 13.1 Å². The zero-order chi connectivity index (χ0) is 21.0. The summed E-state index contributed by atoms with van der Waals surface area (Å²) in [5.41, 5.74) is 1.54. The Morgan fingerprint density at radius 3 is 2.48 bits per heavy atom. The number of hydrogen-bond acceptors (Lipinski definition) is 2. The molecule has 0 aliphatic heterocycles. The van der Waals surface area contributed by atoms with Crippen molar-refractivity contribution in [1.82, 2.24) is 14.7 Å². The summed E-state index contributed by atoms with van der Waals surface area (Å²) < 4.78 is 40.4. The number of likely N-dealkylation sites (N-methyl/N-ethyl adjacent to an activating group) is 1. The molecule has 0 spiro atoms. The summed E-state index contributed by atoms with van der Waals surface area (Å²) in [6.07, 6.45) is -2.30. The van der Waals surface area contributed by atoms with Crippen molar-refractivity contribution in [2.45, 2.75) is 26.4 Å². The molecule has 152 valence electrons. The molecule has 0 unspecified atom stereocenters. The third kappa shape index (κ3) is 4.67. The summed E-state index contributed by atoms with van der Waals surface area (Å²) in [7, 11) is 0. The molecule has 4 nitrogen and oxygen atoms in total. The number of aromatic nitrogens is 2. The molecule has 2 aromatic carbocycles. The first kappa shape index (κ1) is 20.6. The van der Waals surface area contributed by atoms with Crippen LogP contribution >= 0.6 is 0 Å². The highest BCUT2D eigenvalue weighted by atomic mass is 19.4. The molecular weight excluding hydrogens is 379 g/mol. The molecule has 1 heterocycles. The van der Waals surface area contributed by atoms with Crippen LogP contribution in [0.5, 0.6) is 0 Å². The van der Waals surface area contributed by atoms with Crippen LogP contribution in [0.25, 0.3) is 5.69 Å². The third-order valence-corrected chi connectivity index (χ3v) is 4.84. The van der Waals surface area contributed by atoms with Crippen molar-refractivity contribution in [3.8, 4) is 5.69 Å². The highest BCUT2D eigenvalue weighted by molar-refractivity contribution is 5.95. The quantitative estimate of drug-likeness (QED) is 0.589. The highest BCUT2D eigenvalue weighted by Gasteiger charge is 2.31. The Morgan fingerprint density at radius 2 is 1.83 bits per heavy atom. The van der Waals surface area contributed by atoms with Crippen molar-refractivity contribution in [2.24, 2.45) is 0 Å². The molecule has 0 aliphatic carbocycles. The smallest absolute Gasteiger partial charge is 0.338 e. The summed E-state index contributed by atoms with van der Waals surface area (Å²) in [5, 5.41) is 4.17. The van der Waals surface area contributed by atoms with Gasteiger partial charge in [-0.1, -0.05) is 36.4 Å². The van der Waals surface area contributed by atoms with Crippen molar-refractivity contribution in [3.63, 3.8) is 0 Å². The van der Waals surface area contributed by atoms with Crippen molar-refractivity contribution >= 4 is 5.91 Å². The minimum Gasteiger partial charge on any atom is -0.338 e. The first-order valence-electron chi connectivity index (χ1n) is 9.36. The fourth-order valence-electron chi connectivity index (χ4n) is 3.18. The second kappa shape index (κ2) is 8.51. The lowest BCUT2D eigenvalue weighted by molar-refractivity contribution is -0.137. The molecule has 7 heteroatoms. The fraction of sp³-hybridized carbons (Fsp3) is 0.273. The summed E-state index contributed by atoms with van der Waals surface area (Å²) >= 11 is 0.